The number of rotatable bonds is 9. The van der Waals surface area contributed by atoms with Gasteiger partial charge in [0, 0.05) is 11.7 Å². The van der Waals surface area contributed by atoms with Crippen LogP contribution in [-0.4, -0.2) is 38.4 Å². The number of halogens is 3. The van der Waals surface area contributed by atoms with Crippen LogP contribution in [-0.2, 0) is 17.4 Å². The highest BCUT2D eigenvalue weighted by Gasteiger charge is 2.35. The minimum atomic E-state index is -4.63. The van der Waals surface area contributed by atoms with Gasteiger partial charge in [0.1, 0.15) is 18.2 Å². The molecule has 0 aliphatic heterocycles. The summed E-state index contributed by atoms with van der Waals surface area (Å²) in [5, 5.41) is 12.5. The van der Waals surface area contributed by atoms with Crippen LogP contribution in [0.5, 0.6) is 5.75 Å². The highest BCUT2D eigenvalue weighted by atomic mass is 19.4. The largest absolute Gasteiger partial charge is 0.491 e. The fourth-order valence-electron chi connectivity index (χ4n) is 3.63. The van der Waals surface area contributed by atoms with Gasteiger partial charge in [-0.3, -0.25) is 4.79 Å². The summed E-state index contributed by atoms with van der Waals surface area (Å²) in [6.45, 7) is 5.68. The Kier molecular flexibility index (Phi) is 7.55. The zero-order valence-corrected chi connectivity index (χ0v) is 19.1. The first-order valence-electron chi connectivity index (χ1n) is 10.7. The molecule has 0 aliphatic carbocycles. The average molecular weight is 477 g/mol. The molecule has 1 amide bonds. The smallest absolute Gasteiger partial charge is 0.419 e. The number of carbonyl (C=O) groups is 1. The Morgan fingerprint density at radius 2 is 1.94 bits per heavy atom. The van der Waals surface area contributed by atoms with Gasteiger partial charge >= 0.3 is 6.18 Å². The van der Waals surface area contributed by atoms with Crippen molar-refractivity contribution in [3.8, 4) is 16.9 Å². The Bertz CT molecular complexity index is 1110. The fraction of sp³-hybridized carbons (Fsp3) is 0.391. The number of alkyl halides is 3. The highest BCUT2D eigenvalue weighted by Crippen LogP contribution is 2.39. The number of carbonyl (C=O) groups excluding carboxylic acids is 1. The van der Waals surface area contributed by atoms with E-state index in [-0.39, 0.29) is 36.4 Å². The Labute approximate surface area is 195 Å². The van der Waals surface area contributed by atoms with E-state index in [0.29, 0.717) is 23.2 Å². The minimum Gasteiger partial charge on any atom is -0.491 e. The van der Waals surface area contributed by atoms with Gasteiger partial charge in [-0.15, -0.1) is 0 Å². The van der Waals surface area contributed by atoms with Crippen molar-refractivity contribution in [2.24, 2.45) is 11.7 Å². The number of hydrogen-bond donors (Lipinski definition) is 3. The number of aromatic amines is 1. The Hall–Kier alpha value is -3.47. The maximum Gasteiger partial charge on any atom is 0.419 e. The number of ether oxygens (including phenoxy) is 1. The van der Waals surface area contributed by atoms with Crippen LogP contribution in [0.2, 0.25) is 0 Å². The van der Waals surface area contributed by atoms with Gasteiger partial charge < -0.3 is 15.8 Å². The second-order valence-electron chi connectivity index (χ2n) is 8.87. The summed E-state index contributed by atoms with van der Waals surface area (Å²) in [4.78, 5) is 16.2. The number of hydrogen-bond acceptors (Lipinski definition) is 6. The second-order valence-corrected chi connectivity index (χ2v) is 8.87. The number of aromatic nitrogens is 4. The molecule has 11 heteroatoms. The van der Waals surface area contributed by atoms with Gasteiger partial charge in [0.2, 0.25) is 5.91 Å². The third-order valence-corrected chi connectivity index (χ3v) is 4.88. The van der Waals surface area contributed by atoms with Gasteiger partial charge in [-0.05, 0) is 54.7 Å². The lowest BCUT2D eigenvalue weighted by Gasteiger charge is -2.27. The summed E-state index contributed by atoms with van der Waals surface area (Å²) in [6, 6.07) is 6.88. The number of amides is 1. The molecule has 0 bridgehead atoms. The lowest BCUT2D eigenvalue weighted by Crippen LogP contribution is -2.43. The summed E-state index contributed by atoms with van der Waals surface area (Å²) in [5.74, 6) is -0.191. The molecule has 0 saturated heterocycles. The van der Waals surface area contributed by atoms with Crippen LogP contribution < -0.4 is 15.8 Å². The Balaban J connectivity index is 1.80. The molecule has 4 N–H and O–H groups in total. The van der Waals surface area contributed by atoms with Crippen molar-refractivity contribution in [1.82, 2.24) is 20.4 Å². The first kappa shape index (κ1) is 25.2. The molecular formula is C23H27F3N6O2. The highest BCUT2D eigenvalue weighted by molar-refractivity contribution is 5.91. The second kappa shape index (κ2) is 10.2. The average Bonchev–Trinajstić information content (AvgIpc) is 3.23. The lowest BCUT2D eigenvalue weighted by molar-refractivity contribution is -0.139. The quantitative estimate of drug-likeness (QED) is 0.426. The van der Waals surface area contributed by atoms with Crippen LogP contribution in [0.25, 0.3) is 11.1 Å². The zero-order chi connectivity index (χ0) is 24.9. The molecule has 1 atom stereocenters. The molecule has 34 heavy (non-hydrogen) atoms. The van der Waals surface area contributed by atoms with E-state index in [0.717, 1.165) is 6.07 Å². The van der Waals surface area contributed by atoms with Crippen LogP contribution in [0, 0.1) is 5.92 Å². The zero-order valence-electron chi connectivity index (χ0n) is 19.1. The third-order valence-electron chi connectivity index (χ3n) is 4.88. The molecule has 8 nitrogen and oxygen atoms in total. The predicted octanol–water partition coefficient (Wildman–Crippen LogP) is 4.21. The summed E-state index contributed by atoms with van der Waals surface area (Å²) < 4.78 is 47.0. The molecule has 2 aromatic heterocycles. The Morgan fingerprint density at radius 3 is 2.59 bits per heavy atom. The molecule has 0 aliphatic rings. The standard InChI is InChI=1S/C23H27F3N6O2/c1-14(2)11-22(3,27)13-34-19-5-4-15(8-18(19)23(24,25)26)16-6-7-28-20(9-16)30-21(33)10-17-12-29-32-31-17/h4-9,12,14H,10-11,13,27H2,1-3H3,(H,28,30,33)(H,29,31,32)/t22-/m0/s1. The maximum atomic E-state index is 13.8. The molecule has 3 aromatic rings. The number of anilines is 1. The minimum absolute atomic E-state index is 0.0243. The van der Waals surface area contributed by atoms with Crippen molar-refractivity contribution < 1.29 is 22.7 Å². The van der Waals surface area contributed by atoms with E-state index >= 15 is 0 Å². The molecule has 2 heterocycles. The van der Waals surface area contributed by atoms with Crippen LogP contribution in [0.4, 0.5) is 19.0 Å². The summed E-state index contributed by atoms with van der Waals surface area (Å²) in [7, 11) is 0. The predicted molar refractivity (Wildman–Crippen MR) is 121 cm³/mol. The van der Waals surface area contributed by atoms with E-state index in [1.807, 2.05) is 13.8 Å². The number of nitrogens with one attached hydrogen (secondary N) is 2. The number of H-pyrrole nitrogens is 1. The van der Waals surface area contributed by atoms with Crippen molar-refractivity contribution in [3.63, 3.8) is 0 Å². The molecular weight excluding hydrogens is 449 g/mol. The Morgan fingerprint density at radius 1 is 1.21 bits per heavy atom. The first-order valence-corrected chi connectivity index (χ1v) is 10.7. The van der Waals surface area contributed by atoms with E-state index in [9.17, 15) is 18.0 Å². The van der Waals surface area contributed by atoms with E-state index < -0.39 is 17.3 Å². The molecule has 0 saturated carbocycles. The number of nitrogens with zero attached hydrogens (tertiary/aromatic N) is 3. The van der Waals surface area contributed by atoms with Crippen LogP contribution in [0.15, 0.2) is 42.7 Å². The van der Waals surface area contributed by atoms with Crippen LogP contribution in [0.3, 0.4) is 0 Å². The molecule has 0 spiro atoms. The van der Waals surface area contributed by atoms with Crippen molar-refractivity contribution >= 4 is 11.7 Å². The number of benzene rings is 1. The van der Waals surface area contributed by atoms with Crippen LogP contribution >= 0.6 is 0 Å². The maximum absolute atomic E-state index is 13.8. The van der Waals surface area contributed by atoms with E-state index in [4.69, 9.17) is 10.5 Å². The van der Waals surface area contributed by atoms with Crippen molar-refractivity contribution in [1.29, 1.82) is 0 Å². The topological polar surface area (TPSA) is 119 Å². The molecule has 182 valence electrons. The van der Waals surface area contributed by atoms with Crippen molar-refractivity contribution in [2.75, 3.05) is 11.9 Å². The monoisotopic (exact) mass is 476 g/mol. The number of pyridine rings is 1. The van der Waals surface area contributed by atoms with Gasteiger partial charge in [-0.1, -0.05) is 19.9 Å². The number of nitrogens with two attached hydrogens (primary N) is 1. The van der Waals surface area contributed by atoms with Gasteiger partial charge in [0.15, 0.2) is 0 Å². The van der Waals surface area contributed by atoms with Crippen molar-refractivity contribution in [2.45, 2.75) is 45.3 Å². The molecule has 0 unspecified atom stereocenters. The first-order chi connectivity index (χ1) is 15.9. The van der Waals surface area contributed by atoms with Gasteiger partial charge in [0.05, 0.1) is 23.9 Å². The van der Waals surface area contributed by atoms with Gasteiger partial charge in [-0.25, -0.2) is 4.98 Å². The summed E-state index contributed by atoms with van der Waals surface area (Å²) >= 11 is 0. The van der Waals surface area contributed by atoms with Gasteiger partial charge in [-0.2, -0.15) is 28.6 Å². The fourth-order valence-corrected chi connectivity index (χ4v) is 3.63. The normalized spacial score (nSPS) is 13.5. The molecule has 0 radical (unpaired) electrons. The van der Waals surface area contributed by atoms with E-state index in [2.05, 4.69) is 25.7 Å². The lowest BCUT2D eigenvalue weighted by atomic mass is 9.93. The molecule has 3 rings (SSSR count). The van der Waals surface area contributed by atoms with Gasteiger partial charge in [0.25, 0.3) is 0 Å². The molecule has 0 fully saturated rings. The van der Waals surface area contributed by atoms with Crippen molar-refractivity contribution in [3.05, 3.63) is 54.0 Å². The van der Waals surface area contributed by atoms with E-state index in [1.165, 1.54) is 30.6 Å². The summed E-state index contributed by atoms with van der Waals surface area (Å²) in [5.41, 5.74) is 5.71. The van der Waals surface area contributed by atoms with Crippen LogP contribution in [0.1, 0.15) is 38.4 Å². The summed E-state index contributed by atoms with van der Waals surface area (Å²) in [6.07, 6.45) is -1.22. The third kappa shape index (κ3) is 7.01. The molecule has 1 aromatic carbocycles. The SMILES string of the molecule is CC(C)C[C@](C)(N)COc1ccc(-c2ccnc(NC(=O)Cc3cn[nH]n3)c2)cc1C(F)(F)F. The van der Waals surface area contributed by atoms with E-state index in [1.54, 1.807) is 13.0 Å².